The van der Waals surface area contributed by atoms with Crippen molar-refractivity contribution in [1.29, 1.82) is 0 Å². The fraction of sp³-hybridized carbons (Fsp3) is 0.125. The van der Waals surface area contributed by atoms with Gasteiger partial charge in [0.05, 0.1) is 11.1 Å². The number of aromatic nitrogens is 1. The Labute approximate surface area is 129 Å². The summed E-state index contributed by atoms with van der Waals surface area (Å²) in [6, 6.07) is 7.62. The number of halogens is 3. The van der Waals surface area contributed by atoms with E-state index in [9.17, 15) is 18.0 Å². The number of hydrogen-bond acceptors (Lipinski definition) is 4. The number of benzene rings is 1. The molecule has 1 aromatic heterocycles. The monoisotopic (exact) mass is 320 g/mol. The van der Waals surface area contributed by atoms with Crippen LogP contribution in [0.2, 0.25) is 0 Å². The number of nitrogens with two attached hydrogens (primary N) is 1. The number of carbonyl (C=O) groups is 1. The lowest BCUT2D eigenvalue weighted by atomic mass is 9.96. The summed E-state index contributed by atoms with van der Waals surface area (Å²) >= 11 is 0. The number of ketones is 1. The van der Waals surface area contributed by atoms with E-state index in [0.717, 1.165) is 12.1 Å². The molecule has 0 bridgehead atoms. The maximum absolute atomic E-state index is 12.8. The van der Waals surface area contributed by atoms with Gasteiger partial charge in [-0.3, -0.25) is 9.78 Å². The van der Waals surface area contributed by atoms with Gasteiger partial charge in [0.1, 0.15) is 0 Å². The molecule has 2 heterocycles. The normalized spacial score (nSPS) is 18.2. The van der Waals surface area contributed by atoms with Crippen LogP contribution in [0.3, 0.4) is 0 Å². The van der Waals surface area contributed by atoms with E-state index in [2.05, 4.69) is 4.98 Å². The quantitative estimate of drug-likeness (QED) is 0.923. The number of nitrogens with zero attached hydrogens (tertiary/aromatic N) is 1. The van der Waals surface area contributed by atoms with Gasteiger partial charge < -0.3 is 10.5 Å². The lowest BCUT2D eigenvalue weighted by Crippen LogP contribution is -2.10. The molecule has 0 radical (unpaired) electrons. The Morgan fingerprint density at radius 1 is 1.13 bits per heavy atom. The van der Waals surface area contributed by atoms with Gasteiger partial charge in [0.15, 0.2) is 12.0 Å². The highest BCUT2D eigenvalue weighted by Gasteiger charge is 2.37. The molecule has 0 spiro atoms. The first-order valence-electron chi connectivity index (χ1n) is 6.66. The number of Topliss-reactive ketones (excluding diaryl/α,β-unsaturated/α-hetero) is 1. The molecule has 0 fully saturated rings. The fourth-order valence-corrected chi connectivity index (χ4v) is 2.39. The summed E-state index contributed by atoms with van der Waals surface area (Å²) < 4.78 is 43.8. The molecule has 3 rings (SSSR count). The summed E-state index contributed by atoms with van der Waals surface area (Å²) in [5, 5.41) is 0. The zero-order chi connectivity index (χ0) is 16.6. The second-order valence-corrected chi connectivity index (χ2v) is 4.96. The minimum Gasteiger partial charge on any atom is -0.462 e. The van der Waals surface area contributed by atoms with Crippen LogP contribution in [0, 0.1) is 0 Å². The van der Waals surface area contributed by atoms with Crippen molar-refractivity contribution in [3.63, 3.8) is 0 Å². The summed E-state index contributed by atoms with van der Waals surface area (Å²) in [6.45, 7) is 0. The van der Waals surface area contributed by atoms with Crippen LogP contribution in [0.4, 0.5) is 13.2 Å². The minimum absolute atomic E-state index is 0.0436. The van der Waals surface area contributed by atoms with Gasteiger partial charge in [0.2, 0.25) is 5.78 Å². The van der Waals surface area contributed by atoms with Crippen molar-refractivity contribution in [2.45, 2.75) is 12.3 Å². The number of carbonyl (C=O) groups excluding carboxylic acids is 1. The molecule has 0 saturated carbocycles. The number of pyridine rings is 1. The van der Waals surface area contributed by atoms with E-state index >= 15 is 0 Å². The lowest BCUT2D eigenvalue weighted by molar-refractivity contribution is -0.137. The van der Waals surface area contributed by atoms with E-state index < -0.39 is 23.6 Å². The SMILES string of the molecule is NC1=C(c2cccc(C(F)(F)F)c2)C(=O)C(c2ccncc2)O1. The topological polar surface area (TPSA) is 65.2 Å². The van der Waals surface area contributed by atoms with E-state index in [1.807, 2.05) is 0 Å². The Morgan fingerprint density at radius 3 is 2.48 bits per heavy atom. The maximum atomic E-state index is 12.8. The van der Waals surface area contributed by atoms with Crippen LogP contribution in [-0.4, -0.2) is 10.8 Å². The molecule has 4 nitrogen and oxygen atoms in total. The first-order valence-corrected chi connectivity index (χ1v) is 6.66. The molecule has 1 aliphatic heterocycles. The molecule has 2 aromatic rings. The lowest BCUT2D eigenvalue weighted by Gasteiger charge is -2.10. The highest BCUT2D eigenvalue weighted by atomic mass is 19.4. The first-order chi connectivity index (χ1) is 10.9. The fourth-order valence-electron chi connectivity index (χ4n) is 2.39. The minimum atomic E-state index is -4.50. The van der Waals surface area contributed by atoms with Gasteiger partial charge in [-0.25, -0.2) is 0 Å². The van der Waals surface area contributed by atoms with Gasteiger partial charge in [0, 0.05) is 18.0 Å². The zero-order valence-electron chi connectivity index (χ0n) is 11.7. The summed E-state index contributed by atoms with van der Waals surface area (Å²) in [6.07, 6.45) is -2.49. The van der Waals surface area contributed by atoms with Crippen LogP contribution in [0.25, 0.3) is 5.57 Å². The van der Waals surface area contributed by atoms with Gasteiger partial charge in [-0.2, -0.15) is 13.2 Å². The molecule has 0 aliphatic carbocycles. The van der Waals surface area contributed by atoms with Crippen molar-refractivity contribution in [1.82, 2.24) is 4.98 Å². The third-order valence-electron chi connectivity index (χ3n) is 3.46. The second kappa shape index (κ2) is 5.42. The molecule has 0 amide bonds. The Morgan fingerprint density at radius 2 is 1.83 bits per heavy atom. The van der Waals surface area contributed by atoms with Crippen molar-refractivity contribution in [2.75, 3.05) is 0 Å². The summed E-state index contributed by atoms with van der Waals surface area (Å²) in [4.78, 5) is 16.4. The van der Waals surface area contributed by atoms with Crippen LogP contribution >= 0.6 is 0 Å². The Kier molecular flexibility index (Phi) is 3.55. The van der Waals surface area contributed by atoms with E-state index in [4.69, 9.17) is 10.5 Å². The molecule has 1 aromatic carbocycles. The molecule has 1 atom stereocenters. The molecule has 118 valence electrons. The van der Waals surface area contributed by atoms with Gasteiger partial charge in [-0.05, 0) is 29.8 Å². The average Bonchev–Trinajstić information content (AvgIpc) is 2.82. The Hall–Kier alpha value is -2.83. The third-order valence-corrected chi connectivity index (χ3v) is 3.46. The highest BCUT2D eigenvalue weighted by Crippen LogP contribution is 2.37. The highest BCUT2D eigenvalue weighted by molar-refractivity contribution is 6.25. The smallest absolute Gasteiger partial charge is 0.416 e. The van der Waals surface area contributed by atoms with Crippen molar-refractivity contribution in [3.8, 4) is 0 Å². The van der Waals surface area contributed by atoms with Gasteiger partial charge in [0.25, 0.3) is 0 Å². The Balaban J connectivity index is 1.98. The summed E-state index contributed by atoms with van der Waals surface area (Å²) in [5.41, 5.74) is 5.45. The summed E-state index contributed by atoms with van der Waals surface area (Å²) in [5.74, 6) is -0.663. The van der Waals surface area contributed by atoms with Crippen LogP contribution in [-0.2, 0) is 15.7 Å². The standard InChI is InChI=1S/C16H11F3N2O2/c17-16(18,19)11-3-1-2-10(8-11)12-13(22)14(23-15(12)20)9-4-6-21-7-5-9/h1-8,14H,20H2. The van der Waals surface area contributed by atoms with E-state index in [-0.39, 0.29) is 17.0 Å². The number of rotatable bonds is 2. The van der Waals surface area contributed by atoms with Crippen molar-refractivity contribution in [3.05, 3.63) is 71.4 Å². The van der Waals surface area contributed by atoms with Gasteiger partial charge in [-0.15, -0.1) is 0 Å². The van der Waals surface area contributed by atoms with E-state index in [1.165, 1.54) is 24.5 Å². The Bertz CT molecular complexity index is 785. The second-order valence-electron chi connectivity index (χ2n) is 4.96. The molecule has 23 heavy (non-hydrogen) atoms. The van der Waals surface area contributed by atoms with Crippen LogP contribution in [0.15, 0.2) is 54.7 Å². The molecule has 1 unspecified atom stereocenters. The molecule has 7 heteroatoms. The molecule has 2 N–H and O–H groups in total. The third kappa shape index (κ3) is 2.77. The van der Waals surface area contributed by atoms with Crippen molar-refractivity contribution < 1.29 is 22.7 Å². The van der Waals surface area contributed by atoms with Gasteiger partial charge in [-0.1, -0.05) is 12.1 Å². The van der Waals surface area contributed by atoms with Crippen molar-refractivity contribution in [2.24, 2.45) is 5.73 Å². The number of hydrogen-bond donors (Lipinski definition) is 1. The molecular weight excluding hydrogens is 309 g/mol. The molecule has 1 aliphatic rings. The average molecular weight is 320 g/mol. The summed E-state index contributed by atoms with van der Waals surface area (Å²) in [7, 11) is 0. The van der Waals surface area contributed by atoms with Crippen molar-refractivity contribution >= 4 is 11.4 Å². The largest absolute Gasteiger partial charge is 0.462 e. The number of alkyl halides is 3. The molecular formula is C16H11F3N2O2. The van der Waals surface area contributed by atoms with Crippen LogP contribution in [0.1, 0.15) is 22.8 Å². The number of ether oxygens (including phenoxy) is 1. The predicted octanol–water partition coefficient (Wildman–Crippen LogP) is 3.07. The zero-order valence-corrected chi connectivity index (χ0v) is 11.7. The maximum Gasteiger partial charge on any atom is 0.416 e. The van der Waals surface area contributed by atoms with Gasteiger partial charge >= 0.3 is 6.18 Å². The predicted molar refractivity (Wildman–Crippen MR) is 75.6 cm³/mol. The first kappa shape index (κ1) is 15.1. The van der Waals surface area contributed by atoms with E-state index in [1.54, 1.807) is 12.1 Å². The van der Waals surface area contributed by atoms with Crippen LogP contribution < -0.4 is 5.73 Å². The molecule has 0 saturated heterocycles. The van der Waals surface area contributed by atoms with Crippen LogP contribution in [0.5, 0.6) is 0 Å². The van der Waals surface area contributed by atoms with E-state index in [0.29, 0.717) is 5.56 Å².